The van der Waals surface area contributed by atoms with Crippen molar-refractivity contribution in [1.29, 1.82) is 11.1 Å². The molecule has 0 aromatic rings. The number of hydrazone groups is 2. The fraction of sp³-hybridized carbons (Fsp3) is 0. The Balaban J connectivity index is 0. The van der Waals surface area contributed by atoms with Crippen molar-refractivity contribution in [3.8, 4) is 0 Å². The van der Waals surface area contributed by atoms with E-state index in [1.54, 1.807) is 0 Å². The number of nitrogens with one attached hydrogen (secondary N) is 2. The van der Waals surface area contributed by atoms with Crippen LogP contribution in [0.4, 0.5) is 0 Å². The average molecular weight is 144 g/mol. The van der Waals surface area contributed by atoms with Crippen LogP contribution in [-0.4, -0.2) is 12.7 Å². The summed E-state index contributed by atoms with van der Waals surface area (Å²) in [5.74, 6) is 8.99. The van der Waals surface area contributed by atoms with Gasteiger partial charge >= 0.3 is 0 Å². The summed E-state index contributed by atoms with van der Waals surface area (Å²) in [6, 6.07) is 0. The van der Waals surface area contributed by atoms with Gasteiger partial charge in [-0.1, -0.05) is 0 Å². The molecule has 0 saturated heterocycles. The largest absolute Gasteiger partial charge is 0.322 e. The van der Waals surface area contributed by atoms with Gasteiger partial charge in [-0.3, -0.25) is 0 Å². The predicted molar refractivity (Wildman–Crippen MR) is 35.7 cm³/mol. The van der Waals surface area contributed by atoms with Gasteiger partial charge in [-0.25, -0.2) is 11.1 Å². The molecule has 0 heterocycles. The minimum Gasteiger partial charge on any atom is -0.322 e. The van der Waals surface area contributed by atoms with E-state index in [2.05, 4.69) is 32.1 Å². The highest BCUT2D eigenvalue weighted by Gasteiger charge is 1.44. The number of hydrogen-bond acceptors (Lipinski definition) is 6. The van der Waals surface area contributed by atoms with Crippen LogP contribution in [0.25, 0.3) is 0 Å². The number of rotatable bonds is 2. The van der Waals surface area contributed by atoms with E-state index >= 15 is 0 Å². The third-order valence-electron chi connectivity index (χ3n) is 0.249. The summed E-state index contributed by atoms with van der Waals surface area (Å²) in [4.78, 5) is 0. The van der Waals surface area contributed by atoms with Crippen LogP contribution in [0.2, 0.25) is 0 Å². The fourth-order valence-electron chi connectivity index (χ4n) is 0.0667. The molecule has 0 amide bonds. The van der Waals surface area contributed by atoms with Crippen LogP contribution in [0.1, 0.15) is 0 Å². The molecule has 6 N–H and O–H groups in total. The molecule has 56 valence electrons. The molecule has 0 spiro atoms. The van der Waals surface area contributed by atoms with Crippen molar-refractivity contribution in [3.63, 3.8) is 0 Å². The van der Waals surface area contributed by atoms with Crippen molar-refractivity contribution in [2.75, 3.05) is 0 Å². The van der Waals surface area contributed by atoms with Crippen molar-refractivity contribution in [3.05, 3.63) is 0 Å². The van der Waals surface area contributed by atoms with E-state index in [4.69, 9.17) is 11.1 Å². The molecular formula is C2H8N8. The lowest BCUT2D eigenvalue weighted by molar-refractivity contribution is 1.17. The van der Waals surface area contributed by atoms with Crippen LogP contribution in [0, 0.1) is 11.1 Å². The molecule has 0 aromatic carbocycles. The highest BCUT2D eigenvalue weighted by Crippen LogP contribution is 1.45. The summed E-state index contributed by atoms with van der Waals surface area (Å²) in [5.41, 5.74) is 12.0. The topological polar surface area (TPSA) is 149 Å². The first-order valence-electron chi connectivity index (χ1n) is 2.00. The van der Waals surface area contributed by atoms with Gasteiger partial charge in [-0.2, -0.15) is 10.2 Å². The van der Waals surface area contributed by atoms with Crippen LogP contribution in [0.5, 0.6) is 0 Å². The molecule has 0 aliphatic carbocycles. The second kappa shape index (κ2) is 15.7. The van der Waals surface area contributed by atoms with Gasteiger partial charge in [0.2, 0.25) is 0 Å². The second-order valence-corrected chi connectivity index (χ2v) is 0.787. The number of nitrogens with zero attached hydrogens (tertiary/aromatic N) is 4. The maximum absolute atomic E-state index is 6.00. The Labute approximate surface area is 57.0 Å². The normalized spacial score (nSPS) is 8.80. The molecule has 0 atom stereocenters. The lowest BCUT2D eigenvalue weighted by atomic mass is 11.4. The van der Waals surface area contributed by atoms with Crippen LogP contribution >= 0.6 is 0 Å². The Bertz CT molecular complexity index is 107. The first-order chi connectivity index (χ1) is 4.83. The number of hydrogen-bond donors (Lipinski definition) is 4. The molecular weight excluding hydrogens is 136 g/mol. The van der Waals surface area contributed by atoms with Gasteiger partial charge in [0.05, 0.1) is 0 Å². The average Bonchev–Trinajstić information content (AvgIpc) is 1.93. The molecule has 10 heavy (non-hydrogen) atoms. The molecule has 0 aliphatic heterocycles. The van der Waals surface area contributed by atoms with E-state index in [1.807, 2.05) is 0 Å². The van der Waals surface area contributed by atoms with E-state index in [-0.39, 0.29) is 0 Å². The SMILES string of the molecule is N=N/C=N/N.N=N/C=N/N. The summed E-state index contributed by atoms with van der Waals surface area (Å²) in [5, 5.41) is 11.1. The van der Waals surface area contributed by atoms with Crippen LogP contribution in [-0.2, 0) is 0 Å². The molecule has 0 saturated carbocycles. The van der Waals surface area contributed by atoms with Gasteiger partial charge in [0.1, 0.15) is 0 Å². The van der Waals surface area contributed by atoms with E-state index < -0.39 is 0 Å². The van der Waals surface area contributed by atoms with Gasteiger partial charge < -0.3 is 11.7 Å². The zero-order valence-corrected chi connectivity index (χ0v) is 5.10. The molecule has 8 heteroatoms. The summed E-state index contributed by atoms with van der Waals surface area (Å²) in [6.07, 6.45) is 1.89. The first kappa shape index (κ1) is 11.0. The summed E-state index contributed by atoms with van der Waals surface area (Å²) in [7, 11) is 0. The summed E-state index contributed by atoms with van der Waals surface area (Å²) < 4.78 is 0. The second-order valence-electron chi connectivity index (χ2n) is 0.787. The quantitative estimate of drug-likeness (QED) is 0.140. The van der Waals surface area contributed by atoms with E-state index in [9.17, 15) is 0 Å². The fourth-order valence-corrected chi connectivity index (χ4v) is 0.0667. The van der Waals surface area contributed by atoms with Crippen LogP contribution in [0.15, 0.2) is 20.4 Å². The van der Waals surface area contributed by atoms with Gasteiger partial charge in [-0.05, 0) is 0 Å². The molecule has 0 radical (unpaired) electrons. The van der Waals surface area contributed by atoms with Gasteiger partial charge in [-0.15, -0.1) is 10.2 Å². The third kappa shape index (κ3) is 35.4. The Morgan fingerprint density at radius 2 is 1.20 bits per heavy atom. The van der Waals surface area contributed by atoms with Gasteiger partial charge in [0.25, 0.3) is 0 Å². The van der Waals surface area contributed by atoms with E-state index in [0.29, 0.717) is 0 Å². The van der Waals surface area contributed by atoms with Crippen LogP contribution < -0.4 is 11.7 Å². The lowest BCUT2D eigenvalue weighted by Crippen LogP contribution is -1.75. The zero-order chi connectivity index (χ0) is 8.24. The zero-order valence-electron chi connectivity index (χ0n) is 5.10. The Kier molecular flexibility index (Phi) is 17.3. The van der Waals surface area contributed by atoms with Crippen molar-refractivity contribution in [2.45, 2.75) is 0 Å². The molecule has 0 aromatic heterocycles. The minimum atomic E-state index is 0.944. The Morgan fingerprint density at radius 1 is 0.900 bits per heavy atom. The third-order valence-corrected chi connectivity index (χ3v) is 0.249. The van der Waals surface area contributed by atoms with E-state index in [0.717, 1.165) is 12.7 Å². The van der Waals surface area contributed by atoms with Gasteiger partial charge in [0, 0.05) is 0 Å². The Hall–Kier alpha value is -1.86. The predicted octanol–water partition coefficient (Wildman–Crippen LogP) is -0.161. The highest BCUT2D eigenvalue weighted by molar-refractivity contribution is 5.53. The summed E-state index contributed by atoms with van der Waals surface area (Å²) in [6.45, 7) is 0. The molecule has 0 aliphatic rings. The van der Waals surface area contributed by atoms with Gasteiger partial charge in [0.15, 0.2) is 12.7 Å². The molecule has 0 rings (SSSR count). The minimum absolute atomic E-state index is 0.944. The van der Waals surface area contributed by atoms with Crippen molar-refractivity contribution in [2.24, 2.45) is 32.1 Å². The molecule has 8 nitrogen and oxygen atoms in total. The summed E-state index contributed by atoms with van der Waals surface area (Å²) >= 11 is 0. The van der Waals surface area contributed by atoms with Crippen molar-refractivity contribution < 1.29 is 0 Å². The van der Waals surface area contributed by atoms with Crippen molar-refractivity contribution >= 4 is 12.7 Å². The molecule has 0 fully saturated rings. The standard InChI is InChI=1S/2CH4N4/c2*2-4-1-5-3/h2*1-2H,3H2/b2*4-2?,5-1+. The van der Waals surface area contributed by atoms with Crippen molar-refractivity contribution in [1.82, 2.24) is 0 Å². The molecule has 0 unspecified atom stereocenters. The lowest BCUT2D eigenvalue weighted by Gasteiger charge is -1.58. The van der Waals surface area contributed by atoms with E-state index in [1.165, 1.54) is 0 Å². The first-order valence-corrected chi connectivity index (χ1v) is 2.00. The maximum Gasteiger partial charge on any atom is 0.156 e. The number of nitrogens with two attached hydrogens (primary N) is 2. The highest BCUT2D eigenvalue weighted by atomic mass is 15.2. The maximum atomic E-state index is 6.00. The molecule has 0 bridgehead atoms. The smallest absolute Gasteiger partial charge is 0.156 e. The Morgan fingerprint density at radius 3 is 1.20 bits per heavy atom. The monoisotopic (exact) mass is 144 g/mol. The van der Waals surface area contributed by atoms with Crippen LogP contribution in [0.3, 0.4) is 0 Å².